The molecule has 0 radical (unpaired) electrons. The third-order valence-corrected chi connectivity index (χ3v) is 3.54. The lowest BCUT2D eigenvalue weighted by molar-refractivity contribution is -0.121. The van der Waals surface area contributed by atoms with Crippen LogP contribution in [0.2, 0.25) is 0 Å². The number of likely N-dealkylation sites (tertiary alicyclic amines) is 1. The number of hydrogen-bond acceptors (Lipinski definition) is 4. The highest BCUT2D eigenvalue weighted by atomic mass is 32.1. The van der Waals surface area contributed by atoms with Crippen molar-refractivity contribution >= 4 is 28.9 Å². The highest BCUT2D eigenvalue weighted by molar-refractivity contribution is 7.80. The van der Waals surface area contributed by atoms with Crippen molar-refractivity contribution in [2.75, 3.05) is 11.9 Å². The van der Waals surface area contributed by atoms with Crippen molar-refractivity contribution in [2.45, 2.75) is 25.2 Å². The number of nitrogens with zero attached hydrogens (tertiary/aromatic N) is 1. The number of ether oxygens (including phenoxy) is 1. The molecule has 1 aliphatic heterocycles. The molecule has 1 aromatic rings. The van der Waals surface area contributed by atoms with Crippen LogP contribution in [0.5, 0.6) is 5.75 Å². The summed E-state index contributed by atoms with van der Waals surface area (Å²) in [6.07, 6.45) is -0.461. The van der Waals surface area contributed by atoms with E-state index < -0.39 is 24.7 Å². The Labute approximate surface area is 130 Å². The SMILES string of the molecule is NC(=O)[C@H]1C[C@H](O)CN1C(=S)Nc1ccc(OC(F)F)cc1. The first kappa shape index (κ1) is 16.4. The maximum Gasteiger partial charge on any atom is 0.387 e. The highest BCUT2D eigenvalue weighted by Gasteiger charge is 2.36. The number of nitrogens with one attached hydrogen (secondary N) is 1. The molecule has 0 aliphatic carbocycles. The Morgan fingerprint density at radius 3 is 2.64 bits per heavy atom. The molecule has 9 heteroatoms. The Kier molecular flexibility index (Phi) is 5.09. The smallest absolute Gasteiger partial charge is 0.387 e. The van der Waals surface area contributed by atoms with Crippen LogP contribution in [0.3, 0.4) is 0 Å². The standard InChI is InChI=1S/C13H15F2N3O3S/c14-12(15)21-9-3-1-7(2-4-9)17-13(22)18-6-8(19)5-10(18)11(16)20/h1-4,8,10,12,19H,5-6H2,(H2,16,20)(H,17,22)/t8-,10+/m0/s1. The number of rotatable bonds is 4. The summed E-state index contributed by atoms with van der Waals surface area (Å²) in [4.78, 5) is 12.9. The number of aliphatic hydroxyl groups is 1. The molecule has 1 aromatic carbocycles. The topological polar surface area (TPSA) is 87.8 Å². The second kappa shape index (κ2) is 6.84. The van der Waals surface area contributed by atoms with Crippen molar-refractivity contribution in [3.05, 3.63) is 24.3 Å². The number of carbonyl (C=O) groups excluding carboxylic acids is 1. The first-order valence-electron chi connectivity index (χ1n) is 6.46. The lowest BCUT2D eigenvalue weighted by atomic mass is 10.2. The zero-order chi connectivity index (χ0) is 16.3. The van der Waals surface area contributed by atoms with Crippen LogP contribution in [-0.2, 0) is 4.79 Å². The van der Waals surface area contributed by atoms with E-state index >= 15 is 0 Å². The van der Waals surface area contributed by atoms with Crippen molar-refractivity contribution in [2.24, 2.45) is 5.73 Å². The van der Waals surface area contributed by atoms with E-state index in [-0.39, 0.29) is 23.8 Å². The normalized spacial score (nSPS) is 21.0. The van der Waals surface area contributed by atoms with E-state index in [0.29, 0.717) is 5.69 Å². The van der Waals surface area contributed by atoms with Crippen molar-refractivity contribution in [1.82, 2.24) is 4.90 Å². The quantitative estimate of drug-likeness (QED) is 0.711. The number of nitrogens with two attached hydrogens (primary N) is 1. The Morgan fingerprint density at radius 2 is 2.09 bits per heavy atom. The second-order valence-corrected chi connectivity index (χ2v) is 5.18. The van der Waals surface area contributed by atoms with Gasteiger partial charge in [-0.05, 0) is 36.5 Å². The van der Waals surface area contributed by atoms with Crippen LogP contribution >= 0.6 is 12.2 Å². The summed E-state index contributed by atoms with van der Waals surface area (Å²) in [5.74, 6) is -0.542. The third kappa shape index (κ3) is 4.01. The van der Waals surface area contributed by atoms with Gasteiger partial charge in [0.05, 0.1) is 6.10 Å². The monoisotopic (exact) mass is 331 g/mol. The van der Waals surface area contributed by atoms with Gasteiger partial charge in [-0.25, -0.2) is 0 Å². The predicted molar refractivity (Wildman–Crippen MR) is 79.6 cm³/mol. The van der Waals surface area contributed by atoms with Gasteiger partial charge in [-0.15, -0.1) is 0 Å². The van der Waals surface area contributed by atoms with E-state index in [1.54, 1.807) is 0 Å². The number of anilines is 1. The van der Waals surface area contributed by atoms with Gasteiger partial charge < -0.3 is 25.8 Å². The number of amides is 1. The Hall–Kier alpha value is -2.00. The van der Waals surface area contributed by atoms with Crippen LogP contribution < -0.4 is 15.8 Å². The molecule has 120 valence electrons. The molecule has 2 rings (SSSR count). The molecule has 0 bridgehead atoms. The van der Waals surface area contributed by atoms with Crippen molar-refractivity contribution in [3.63, 3.8) is 0 Å². The molecule has 0 saturated carbocycles. The summed E-state index contributed by atoms with van der Waals surface area (Å²) >= 11 is 5.19. The average molecular weight is 331 g/mol. The van der Waals surface area contributed by atoms with Gasteiger partial charge in [-0.2, -0.15) is 8.78 Å². The van der Waals surface area contributed by atoms with Gasteiger partial charge in [0.15, 0.2) is 5.11 Å². The number of carbonyl (C=O) groups is 1. The van der Waals surface area contributed by atoms with E-state index in [1.165, 1.54) is 29.2 Å². The lowest BCUT2D eigenvalue weighted by Crippen LogP contribution is -2.45. The zero-order valence-corrected chi connectivity index (χ0v) is 12.2. The summed E-state index contributed by atoms with van der Waals surface area (Å²) < 4.78 is 28.4. The summed E-state index contributed by atoms with van der Waals surface area (Å²) in [7, 11) is 0. The van der Waals surface area contributed by atoms with Gasteiger partial charge in [-0.1, -0.05) is 0 Å². The van der Waals surface area contributed by atoms with Crippen molar-refractivity contribution in [1.29, 1.82) is 0 Å². The third-order valence-electron chi connectivity index (χ3n) is 3.20. The zero-order valence-electron chi connectivity index (χ0n) is 11.4. The summed E-state index contributed by atoms with van der Waals surface area (Å²) in [5.41, 5.74) is 5.82. The number of thiocarbonyl (C=S) groups is 1. The van der Waals surface area contributed by atoms with Crippen molar-refractivity contribution in [3.8, 4) is 5.75 Å². The van der Waals surface area contributed by atoms with Crippen LogP contribution in [0.4, 0.5) is 14.5 Å². The maximum absolute atomic E-state index is 12.1. The number of halogens is 2. The number of benzene rings is 1. The van der Waals surface area contributed by atoms with Gasteiger partial charge in [0.2, 0.25) is 5.91 Å². The molecule has 1 amide bonds. The lowest BCUT2D eigenvalue weighted by Gasteiger charge is -2.25. The molecule has 2 atom stereocenters. The maximum atomic E-state index is 12.1. The minimum Gasteiger partial charge on any atom is -0.435 e. The molecule has 22 heavy (non-hydrogen) atoms. The molecule has 4 N–H and O–H groups in total. The van der Waals surface area contributed by atoms with Crippen LogP contribution in [0.25, 0.3) is 0 Å². The fourth-order valence-corrected chi connectivity index (χ4v) is 2.54. The number of aliphatic hydroxyl groups excluding tert-OH is 1. The minimum atomic E-state index is -2.89. The Bertz CT molecular complexity index is 556. The van der Waals surface area contributed by atoms with E-state index in [1.807, 2.05) is 0 Å². The van der Waals surface area contributed by atoms with Gasteiger partial charge in [-0.3, -0.25) is 4.79 Å². The van der Waals surface area contributed by atoms with Crippen LogP contribution in [-0.4, -0.2) is 46.3 Å². The first-order chi connectivity index (χ1) is 10.4. The number of primary amides is 1. The summed E-state index contributed by atoms with van der Waals surface area (Å²) in [6.45, 7) is -2.69. The van der Waals surface area contributed by atoms with Crippen LogP contribution in [0.1, 0.15) is 6.42 Å². The largest absolute Gasteiger partial charge is 0.435 e. The van der Waals surface area contributed by atoms with Gasteiger partial charge in [0, 0.05) is 18.7 Å². The fraction of sp³-hybridized carbons (Fsp3) is 0.385. The molecule has 6 nitrogen and oxygen atoms in total. The Balaban J connectivity index is 2.00. The fourth-order valence-electron chi connectivity index (χ4n) is 2.22. The summed E-state index contributed by atoms with van der Waals surface area (Å²) in [6, 6.07) is 5.07. The van der Waals surface area contributed by atoms with E-state index in [0.717, 1.165) is 0 Å². The van der Waals surface area contributed by atoms with Gasteiger partial charge in [0.25, 0.3) is 0 Å². The molecular formula is C13H15F2N3O3S. The first-order valence-corrected chi connectivity index (χ1v) is 6.87. The Morgan fingerprint density at radius 1 is 1.45 bits per heavy atom. The minimum absolute atomic E-state index is 0.0260. The highest BCUT2D eigenvalue weighted by Crippen LogP contribution is 2.21. The molecule has 0 unspecified atom stereocenters. The summed E-state index contributed by atoms with van der Waals surface area (Å²) in [5, 5.41) is 12.7. The predicted octanol–water partition coefficient (Wildman–Crippen LogP) is 0.905. The van der Waals surface area contributed by atoms with Crippen molar-refractivity contribution < 1.29 is 23.4 Å². The van der Waals surface area contributed by atoms with E-state index in [2.05, 4.69) is 10.1 Å². The molecule has 1 heterocycles. The molecular weight excluding hydrogens is 316 g/mol. The van der Waals surface area contributed by atoms with Gasteiger partial charge >= 0.3 is 6.61 Å². The number of β-amino-alcohol motifs (C(OH)–C–C–N with tert-alkyl or cyclic N) is 1. The van der Waals surface area contributed by atoms with E-state index in [9.17, 15) is 18.7 Å². The molecule has 0 spiro atoms. The van der Waals surface area contributed by atoms with E-state index in [4.69, 9.17) is 18.0 Å². The molecule has 1 fully saturated rings. The number of alkyl halides is 2. The van der Waals surface area contributed by atoms with Crippen LogP contribution in [0, 0.1) is 0 Å². The number of hydrogen-bond donors (Lipinski definition) is 3. The second-order valence-electron chi connectivity index (χ2n) is 4.79. The van der Waals surface area contributed by atoms with Crippen LogP contribution in [0.15, 0.2) is 24.3 Å². The molecule has 0 aromatic heterocycles. The average Bonchev–Trinajstić information content (AvgIpc) is 2.83. The van der Waals surface area contributed by atoms with Gasteiger partial charge in [0.1, 0.15) is 11.8 Å². The molecule has 1 aliphatic rings. The molecule has 1 saturated heterocycles.